The molecule has 0 saturated heterocycles. The van der Waals surface area contributed by atoms with Crippen molar-refractivity contribution in [1.29, 1.82) is 0 Å². The van der Waals surface area contributed by atoms with Gasteiger partial charge >= 0.3 is 0 Å². The molecule has 0 unspecified atom stereocenters. The molecule has 0 radical (unpaired) electrons. The van der Waals surface area contributed by atoms with Gasteiger partial charge in [0.25, 0.3) is 11.6 Å². The number of carbonyl (C=O) groups is 1. The third-order valence-corrected chi connectivity index (χ3v) is 4.60. The molecule has 0 bridgehead atoms. The van der Waals surface area contributed by atoms with E-state index in [1.165, 1.54) is 30.5 Å². The highest BCUT2D eigenvalue weighted by Crippen LogP contribution is 2.35. The predicted molar refractivity (Wildman–Crippen MR) is 115 cm³/mol. The van der Waals surface area contributed by atoms with Crippen molar-refractivity contribution >= 4 is 52.6 Å². The summed E-state index contributed by atoms with van der Waals surface area (Å²) >= 11 is 17.8. The second-order valence-corrected chi connectivity index (χ2v) is 7.11. The van der Waals surface area contributed by atoms with E-state index >= 15 is 0 Å². The minimum atomic E-state index is -0.526. The molecule has 0 atom stereocenters. The molecule has 30 heavy (non-hydrogen) atoms. The number of nitrogens with zero attached hydrogens (tertiary/aromatic N) is 3. The molecule has 2 aromatic carbocycles. The molecular formula is C19H13Cl3N4O4. The van der Waals surface area contributed by atoms with Crippen molar-refractivity contribution in [2.75, 3.05) is 6.61 Å². The second kappa shape index (κ2) is 9.62. The molecule has 1 N–H and O–H groups in total. The van der Waals surface area contributed by atoms with Crippen LogP contribution in [0.2, 0.25) is 15.1 Å². The summed E-state index contributed by atoms with van der Waals surface area (Å²) in [6.07, 6.45) is 3.19. The first-order valence-corrected chi connectivity index (χ1v) is 9.50. The minimum Gasteiger partial charge on any atom is -0.481 e. The molecule has 3 rings (SSSR count). The number of benzene rings is 2. The van der Waals surface area contributed by atoms with Gasteiger partial charge in [-0.2, -0.15) is 5.10 Å². The molecule has 3 aromatic rings. The normalized spacial score (nSPS) is 10.9. The molecule has 1 aromatic heterocycles. The van der Waals surface area contributed by atoms with Crippen LogP contribution >= 0.6 is 34.8 Å². The van der Waals surface area contributed by atoms with Gasteiger partial charge in [0.05, 0.1) is 26.9 Å². The number of ether oxygens (including phenoxy) is 1. The zero-order chi connectivity index (χ0) is 21.7. The van der Waals surface area contributed by atoms with Gasteiger partial charge in [-0.3, -0.25) is 14.9 Å². The number of amides is 1. The fourth-order valence-electron chi connectivity index (χ4n) is 2.48. The number of hydrazone groups is 1. The maximum absolute atomic E-state index is 12.0. The molecule has 0 aliphatic rings. The number of rotatable bonds is 7. The molecule has 0 fully saturated rings. The van der Waals surface area contributed by atoms with E-state index in [0.717, 1.165) is 0 Å². The van der Waals surface area contributed by atoms with E-state index in [1.807, 2.05) is 0 Å². The van der Waals surface area contributed by atoms with E-state index in [0.29, 0.717) is 16.4 Å². The van der Waals surface area contributed by atoms with Crippen molar-refractivity contribution in [1.82, 2.24) is 9.99 Å². The Morgan fingerprint density at radius 1 is 1.17 bits per heavy atom. The number of nitrogens with one attached hydrogen (secondary N) is 1. The Kier molecular flexibility index (Phi) is 6.94. The molecular weight excluding hydrogens is 455 g/mol. The molecule has 8 nitrogen and oxygen atoms in total. The van der Waals surface area contributed by atoms with Crippen LogP contribution in [-0.2, 0) is 4.79 Å². The van der Waals surface area contributed by atoms with Crippen molar-refractivity contribution in [3.05, 3.63) is 85.6 Å². The number of nitro groups is 1. The van der Waals surface area contributed by atoms with E-state index in [1.54, 1.807) is 35.0 Å². The van der Waals surface area contributed by atoms with Crippen molar-refractivity contribution < 1.29 is 14.5 Å². The molecule has 0 aliphatic carbocycles. The third kappa shape index (κ3) is 5.29. The van der Waals surface area contributed by atoms with E-state index in [4.69, 9.17) is 39.5 Å². The van der Waals surface area contributed by atoms with Crippen LogP contribution in [0.3, 0.4) is 0 Å². The maximum Gasteiger partial charge on any atom is 0.277 e. The lowest BCUT2D eigenvalue weighted by atomic mass is 10.3. The van der Waals surface area contributed by atoms with Gasteiger partial charge < -0.3 is 9.30 Å². The average Bonchev–Trinajstić information content (AvgIpc) is 3.15. The lowest BCUT2D eigenvalue weighted by molar-refractivity contribution is -0.384. The quantitative estimate of drug-likeness (QED) is 0.304. The Morgan fingerprint density at radius 2 is 1.83 bits per heavy atom. The molecule has 0 aliphatic heterocycles. The molecule has 0 spiro atoms. The summed E-state index contributed by atoms with van der Waals surface area (Å²) in [5.41, 5.74) is 3.68. The summed E-state index contributed by atoms with van der Waals surface area (Å²) in [5.74, 6) is -0.379. The lowest BCUT2D eigenvalue weighted by Crippen LogP contribution is -2.24. The third-order valence-electron chi connectivity index (χ3n) is 3.82. The zero-order valence-electron chi connectivity index (χ0n) is 15.1. The number of hydrogen-bond acceptors (Lipinski definition) is 5. The van der Waals surface area contributed by atoms with Crippen LogP contribution in [0.1, 0.15) is 5.69 Å². The fraction of sp³-hybridized carbons (Fsp3) is 0.0526. The first-order chi connectivity index (χ1) is 14.3. The Hall–Kier alpha value is -3.07. The van der Waals surface area contributed by atoms with Gasteiger partial charge in [-0.25, -0.2) is 5.43 Å². The van der Waals surface area contributed by atoms with Gasteiger partial charge in [0.2, 0.25) is 0 Å². The van der Waals surface area contributed by atoms with Crippen LogP contribution in [0, 0.1) is 10.1 Å². The Labute approximate surface area is 185 Å². The largest absolute Gasteiger partial charge is 0.481 e. The number of aromatic nitrogens is 1. The number of non-ortho nitro benzene ring substituents is 1. The number of carbonyl (C=O) groups excluding carboxylic acids is 1. The van der Waals surface area contributed by atoms with Crippen LogP contribution in [0.5, 0.6) is 5.75 Å². The number of hydrogen-bond donors (Lipinski definition) is 1. The van der Waals surface area contributed by atoms with Gasteiger partial charge in [-0.05, 0) is 36.4 Å². The highest BCUT2D eigenvalue weighted by molar-refractivity contribution is 6.40. The summed E-state index contributed by atoms with van der Waals surface area (Å²) in [4.78, 5) is 22.3. The van der Waals surface area contributed by atoms with Crippen molar-refractivity contribution in [2.24, 2.45) is 5.10 Å². The van der Waals surface area contributed by atoms with Crippen LogP contribution < -0.4 is 10.2 Å². The first-order valence-electron chi connectivity index (χ1n) is 8.36. The summed E-state index contributed by atoms with van der Waals surface area (Å²) in [5, 5.41) is 15.4. The molecule has 154 valence electrons. The smallest absolute Gasteiger partial charge is 0.277 e. The topological polar surface area (TPSA) is 98.8 Å². The van der Waals surface area contributed by atoms with Crippen molar-refractivity contribution in [3.8, 4) is 11.4 Å². The average molecular weight is 468 g/mol. The molecule has 11 heteroatoms. The predicted octanol–water partition coefficient (Wildman–Crippen LogP) is 4.87. The number of halogens is 3. The Bertz CT molecular complexity index is 1090. The van der Waals surface area contributed by atoms with Crippen molar-refractivity contribution in [3.63, 3.8) is 0 Å². The van der Waals surface area contributed by atoms with Crippen LogP contribution in [-0.4, -0.2) is 28.2 Å². The lowest BCUT2D eigenvalue weighted by Gasteiger charge is -2.09. The summed E-state index contributed by atoms with van der Waals surface area (Å²) in [7, 11) is 0. The number of nitro benzene ring substituents is 1. The summed E-state index contributed by atoms with van der Waals surface area (Å²) in [6, 6.07) is 12.5. The van der Waals surface area contributed by atoms with Gasteiger partial charge in [-0.1, -0.05) is 34.8 Å². The first kappa shape index (κ1) is 21.6. The van der Waals surface area contributed by atoms with Crippen LogP contribution in [0.25, 0.3) is 5.69 Å². The maximum atomic E-state index is 12.0. The van der Waals surface area contributed by atoms with E-state index in [2.05, 4.69) is 10.5 Å². The molecule has 1 amide bonds. The SMILES string of the molecule is O=C(COc1c(Cl)cc(Cl)cc1Cl)N/N=C\c1cccn1-c1ccc([N+](=O)[O-])cc1. The standard InChI is InChI=1S/C19H13Cl3N4O4/c20-12-8-16(21)19(17(22)9-12)30-11-18(27)24-23-10-15-2-1-7-25(15)13-3-5-14(6-4-13)26(28)29/h1-10H,11H2,(H,24,27)/b23-10-. The van der Waals surface area contributed by atoms with E-state index in [9.17, 15) is 14.9 Å². The Balaban J connectivity index is 1.60. The molecule has 0 saturated carbocycles. The van der Waals surface area contributed by atoms with Crippen LogP contribution in [0.4, 0.5) is 5.69 Å². The van der Waals surface area contributed by atoms with Gasteiger partial charge in [0.15, 0.2) is 12.4 Å². The summed E-state index contributed by atoms with van der Waals surface area (Å²) in [6.45, 7) is -0.359. The van der Waals surface area contributed by atoms with Gasteiger partial charge in [0, 0.05) is 29.0 Å². The van der Waals surface area contributed by atoms with Crippen LogP contribution in [0.15, 0.2) is 59.8 Å². The monoisotopic (exact) mass is 466 g/mol. The highest BCUT2D eigenvalue weighted by atomic mass is 35.5. The fourth-order valence-corrected chi connectivity index (χ4v) is 3.40. The van der Waals surface area contributed by atoms with Crippen molar-refractivity contribution in [2.45, 2.75) is 0 Å². The summed E-state index contributed by atoms with van der Waals surface area (Å²) < 4.78 is 7.08. The highest BCUT2D eigenvalue weighted by Gasteiger charge is 2.11. The Morgan fingerprint density at radius 3 is 2.47 bits per heavy atom. The molecule has 1 heterocycles. The van der Waals surface area contributed by atoms with E-state index in [-0.39, 0.29) is 28.1 Å². The second-order valence-electron chi connectivity index (χ2n) is 5.86. The van der Waals surface area contributed by atoms with Gasteiger partial charge in [0.1, 0.15) is 0 Å². The van der Waals surface area contributed by atoms with E-state index < -0.39 is 10.8 Å². The minimum absolute atomic E-state index is 0.00530. The zero-order valence-corrected chi connectivity index (χ0v) is 17.4. The van der Waals surface area contributed by atoms with Gasteiger partial charge in [-0.15, -0.1) is 0 Å².